The van der Waals surface area contributed by atoms with E-state index in [0.717, 1.165) is 22.2 Å². The number of fused-ring (bicyclic) bond motifs is 1. The number of hydrogen-bond acceptors (Lipinski definition) is 5. The number of nitrogens with zero attached hydrogens (tertiary/aromatic N) is 3. The van der Waals surface area contributed by atoms with Crippen molar-refractivity contribution in [3.63, 3.8) is 0 Å². The number of nitrogens with one attached hydrogen (secondary N) is 2. The monoisotopic (exact) mass is 329 g/mol. The molecule has 122 valence electrons. The highest BCUT2D eigenvalue weighted by Gasteiger charge is 2.08. The van der Waals surface area contributed by atoms with Crippen molar-refractivity contribution >= 4 is 22.8 Å². The summed E-state index contributed by atoms with van der Waals surface area (Å²) in [7, 11) is 0. The van der Waals surface area contributed by atoms with Gasteiger partial charge in [0.2, 0.25) is 11.9 Å². The Bertz CT molecular complexity index is 1110. The lowest BCUT2D eigenvalue weighted by Gasteiger charge is -2.08. The molecule has 4 rings (SSSR count). The second kappa shape index (κ2) is 6.16. The Labute approximate surface area is 143 Å². The zero-order valence-electron chi connectivity index (χ0n) is 13.5. The lowest BCUT2D eigenvalue weighted by atomic mass is 10.1. The first kappa shape index (κ1) is 15.0. The predicted molar refractivity (Wildman–Crippen MR) is 97.9 cm³/mol. The standard InChI is InChI=1S/C19H15N5O/c1-12-14-9-5-6-10-15(14)21-18(20-12)24-19-22-16(11-17(25)23-19)13-7-3-2-4-8-13/h2-11H,1H3,(H2,20,21,22,23,24,25). The average molecular weight is 329 g/mol. The average Bonchev–Trinajstić information content (AvgIpc) is 2.62. The van der Waals surface area contributed by atoms with Crippen LogP contribution in [0, 0.1) is 6.92 Å². The molecule has 0 aliphatic carbocycles. The molecular weight excluding hydrogens is 314 g/mol. The maximum absolute atomic E-state index is 12.0. The van der Waals surface area contributed by atoms with Crippen LogP contribution in [0.25, 0.3) is 22.2 Å². The summed E-state index contributed by atoms with van der Waals surface area (Å²) in [4.78, 5) is 28.0. The highest BCUT2D eigenvalue weighted by Crippen LogP contribution is 2.19. The van der Waals surface area contributed by atoms with Crippen molar-refractivity contribution in [1.29, 1.82) is 0 Å². The lowest BCUT2D eigenvalue weighted by molar-refractivity contribution is 1.08. The summed E-state index contributed by atoms with van der Waals surface area (Å²) in [5, 5.41) is 3.99. The van der Waals surface area contributed by atoms with Crippen LogP contribution in [0.4, 0.5) is 11.9 Å². The zero-order valence-corrected chi connectivity index (χ0v) is 13.5. The predicted octanol–water partition coefficient (Wildman–Crippen LogP) is 3.43. The normalized spacial score (nSPS) is 10.8. The molecule has 2 aromatic heterocycles. The molecule has 0 aliphatic heterocycles. The highest BCUT2D eigenvalue weighted by molar-refractivity contribution is 5.81. The molecule has 25 heavy (non-hydrogen) atoms. The summed E-state index contributed by atoms with van der Waals surface area (Å²) in [5.41, 5.74) is 2.90. The number of aromatic nitrogens is 4. The lowest BCUT2D eigenvalue weighted by Crippen LogP contribution is -2.11. The number of hydrogen-bond donors (Lipinski definition) is 2. The van der Waals surface area contributed by atoms with E-state index in [1.54, 1.807) is 0 Å². The van der Waals surface area contributed by atoms with Gasteiger partial charge in [-0.25, -0.2) is 15.0 Å². The van der Waals surface area contributed by atoms with Crippen LogP contribution in [0.5, 0.6) is 0 Å². The van der Waals surface area contributed by atoms with Crippen LogP contribution >= 0.6 is 0 Å². The van der Waals surface area contributed by atoms with Gasteiger partial charge in [-0.3, -0.25) is 15.1 Å². The van der Waals surface area contributed by atoms with Crippen LogP contribution in [0.3, 0.4) is 0 Å². The number of para-hydroxylation sites is 1. The molecule has 0 saturated carbocycles. The van der Waals surface area contributed by atoms with Gasteiger partial charge in [0.25, 0.3) is 5.56 Å². The van der Waals surface area contributed by atoms with Gasteiger partial charge in [0.05, 0.1) is 16.9 Å². The van der Waals surface area contributed by atoms with E-state index in [1.807, 2.05) is 61.5 Å². The van der Waals surface area contributed by atoms with Crippen molar-refractivity contribution < 1.29 is 0 Å². The van der Waals surface area contributed by atoms with E-state index in [2.05, 4.69) is 25.3 Å². The number of rotatable bonds is 3. The summed E-state index contributed by atoms with van der Waals surface area (Å²) >= 11 is 0. The van der Waals surface area contributed by atoms with Gasteiger partial charge in [-0.15, -0.1) is 0 Å². The van der Waals surface area contributed by atoms with Gasteiger partial charge >= 0.3 is 0 Å². The van der Waals surface area contributed by atoms with Crippen molar-refractivity contribution in [3.8, 4) is 11.3 Å². The van der Waals surface area contributed by atoms with E-state index in [1.165, 1.54) is 6.07 Å². The van der Waals surface area contributed by atoms with Crippen LogP contribution in [0.1, 0.15) is 5.69 Å². The van der Waals surface area contributed by atoms with Gasteiger partial charge < -0.3 is 0 Å². The Morgan fingerprint density at radius 2 is 1.68 bits per heavy atom. The Kier molecular flexibility index (Phi) is 3.70. The quantitative estimate of drug-likeness (QED) is 0.601. The molecule has 6 nitrogen and oxygen atoms in total. The van der Waals surface area contributed by atoms with Gasteiger partial charge in [0.1, 0.15) is 0 Å². The summed E-state index contributed by atoms with van der Waals surface area (Å²) in [6.07, 6.45) is 0. The molecule has 0 spiro atoms. The van der Waals surface area contributed by atoms with Gasteiger partial charge in [0, 0.05) is 17.0 Å². The first-order chi connectivity index (χ1) is 12.2. The molecule has 2 aromatic carbocycles. The number of H-pyrrole nitrogens is 1. The fraction of sp³-hybridized carbons (Fsp3) is 0.0526. The van der Waals surface area contributed by atoms with Crippen molar-refractivity contribution in [2.75, 3.05) is 5.32 Å². The van der Waals surface area contributed by atoms with E-state index >= 15 is 0 Å². The fourth-order valence-electron chi connectivity index (χ4n) is 2.67. The first-order valence-electron chi connectivity index (χ1n) is 7.86. The molecule has 0 radical (unpaired) electrons. The van der Waals surface area contributed by atoms with Crippen molar-refractivity contribution in [2.45, 2.75) is 6.92 Å². The molecule has 6 heteroatoms. The number of anilines is 2. The van der Waals surface area contributed by atoms with Crippen molar-refractivity contribution in [1.82, 2.24) is 19.9 Å². The third-order valence-electron chi connectivity index (χ3n) is 3.84. The summed E-state index contributed by atoms with van der Waals surface area (Å²) < 4.78 is 0. The van der Waals surface area contributed by atoms with Crippen molar-refractivity contribution in [2.24, 2.45) is 0 Å². The topological polar surface area (TPSA) is 83.6 Å². The van der Waals surface area contributed by atoms with Gasteiger partial charge in [-0.2, -0.15) is 0 Å². The van der Waals surface area contributed by atoms with E-state index in [9.17, 15) is 4.79 Å². The van der Waals surface area contributed by atoms with Crippen LogP contribution < -0.4 is 10.9 Å². The molecule has 0 aliphatic rings. The van der Waals surface area contributed by atoms with E-state index < -0.39 is 0 Å². The molecule has 4 aromatic rings. The third kappa shape index (κ3) is 3.10. The van der Waals surface area contributed by atoms with Gasteiger partial charge in [0.15, 0.2) is 0 Å². The van der Waals surface area contributed by atoms with Crippen LogP contribution in [0.2, 0.25) is 0 Å². The minimum Gasteiger partial charge on any atom is -0.294 e. The maximum atomic E-state index is 12.0. The summed E-state index contributed by atoms with van der Waals surface area (Å²) in [6, 6.07) is 18.8. The highest BCUT2D eigenvalue weighted by atomic mass is 16.1. The maximum Gasteiger partial charge on any atom is 0.252 e. The van der Waals surface area contributed by atoms with Crippen LogP contribution in [-0.2, 0) is 0 Å². The Balaban J connectivity index is 1.74. The minimum absolute atomic E-state index is 0.242. The number of benzene rings is 2. The number of aryl methyl sites for hydroxylation is 1. The Morgan fingerprint density at radius 1 is 0.920 bits per heavy atom. The third-order valence-corrected chi connectivity index (χ3v) is 3.84. The second-order valence-corrected chi connectivity index (χ2v) is 5.62. The second-order valence-electron chi connectivity index (χ2n) is 5.62. The molecule has 2 N–H and O–H groups in total. The molecular formula is C19H15N5O. The van der Waals surface area contributed by atoms with E-state index in [0.29, 0.717) is 17.6 Å². The summed E-state index contributed by atoms with van der Waals surface area (Å²) in [5.74, 6) is 0.700. The molecule has 0 unspecified atom stereocenters. The van der Waals surface area contributed by atoms with Crippen molar-refractivity contribution in [3.05, 3.63) is 76.7 Å². The smallest absolute Gasteiger partial charge is 0.252 e. The molecule has 0 bridgehead atoms. The van der Waals surface area contributed by atoms with E-state index in [4.69, 9.17) is 0 Å². The summed E-state index contributed by atoms with van der Waals surface area (Å²) in [6.45, 7) is 1.92. The molecule has 2 heterocycles. The van der Waals surface area contributed by atoms with Gasteiger partial charge in [-0.05, 0) is 13.0 Å². The first-order valence-corrected chi connectivity index (χ1v) is 7.86. The van der Waals surface area contributed by atoms with Gasteiger partial charge in [-0.1, -0.05) is 48.5 Å². The molecule has 0 saturated heterocycles. The Morgan fingerprint density at radius 3 is 2.52 bits per heavy atom. The molecule has 0 fully saturated rings. The number of aromatic amines is 1. The Hall–Kier alpha value is -3.54. The largest absolute Gasteiger partial charge is 0.294 e. The van der Waals surface area contributed by atoms with Crippen LogP contribution in [-0.4, -0.2) is 19.9 Å². The fourth-order valence-corrected chi connectivity index (χ4v) is 2.67. The SMILES string of the molecule is Cc1nc(Nc2nc(-c3ccccc3)cc(=O)[nH]2)nc2ccccc12. The minimum atomic E-state index is -0.242. The molecule has 0 atom stereocenters. The van der Waals surface area contributed by atoms with E-state index in [-0.39, 0.29) is 5.56 Å². The zero-order chi connectivity index (χ0) is 17.2. The van der Waals surface area contributed by atoms with Crippen LogP contribution in [0.15, 0.2) is 65.5 Å². The molecule has 0 amide bonds.